The fraction of sp³-hybridized carbons (Fsp3) is 0.625. The van der Waals surface area contributed by atoms with E-state index in [2.05, 4.69) is 47.0 Å². The van der Waals surface area contributed by atoms with E-state index in [1.807, 2.05) is 6.07 Å². The molecule has 0 spiro atoms. The number of rotatable bonds is 7. The van der Waals surface area contributed by atoms with Crippen LogP contribution in [-0.2, 0) is 0 Å². The minimum absolute atomic E-state index is 0.719. The van der Waals surface area contributed by atoms with Gasteiger partial charge in [0.1, 0.15) is 12.4 Å². The summed E-state index contributed by atoms with van der Waals surface area (Å²) in [5.41, 5.74) is 6.84. The van der Waals surface area contributed by atoms with Crippen LogP contribution < -0.4 is 15.4 Å². The van der Waals surface area contributed by atoms with E-state index in [9.17, 15) is 0 Å². The maximum atomic E-state index is 5.96. The number of piperazine rings is 1. The van der Waals surface area contributed by atoms with Crippen LogP contribution in [0.4, 0.5) is 5.69 Å². The molecule has 1 fully saturated rings. The van der Waals surface area contributed by atoms with Gasteiger partial charge in [-0.05, 0) is 26.2 Å². The second-order valence-electron chi connectivity index (χ2n) is 5.74. The normalized spacial score (nSPS) is 16.5. The zero-order valence-electron chi connectivity index (χ0n) is 13.3. The molecule has 1 aromatic carbocycles. The van der Waals surface area contributed by atoms with Crippen LogP contribution in [0.25, 0.3) is 0 Å². The van der Waals surface area contributed by atoms with Gasteiger partial charge in [-0.3, -0.25) is 4.90 Å². The van der Waals surface area contributed by atoms with Gasteiger partial charge in [-0.15, -0.1) is 0 Å². The van der Waals surface area contributed by atoms with Crippen LogP contribution in [0.5, 0.6) is 5.75 Å². The molecule has 0 saturated carbocycles. The highest BCUT2D eigenvalue weighted by Gasteiger charge is 2.18. The molecule has 0 unspecified atom stereocenters. The van der Waals surface area contributed by atoms with E-state index >= 15 is 0 Å². The topological polar surface area (TPSA) is 45.0 Å². The van der Waals surface area contributed by atoms with Gasteiger partial charge in [-0.2, -0.15) is 0 Å². The van der Waals surface area contributed by atoms with Gasteiger partial charge in [0, 0.05) is 45.8 Å². The number of nitrogens with zero attached hydrogens (tertiary/aromatic N) is 3. The lowest BCUT2D eigenvalue weighted by Gasteiger charge is -2.36. The van der Waals surface area contributed by atoms with Crippen LogP contribution in [-0.4, -0.2) is 76.3 Å². The molecular weight excluding hydrogens is 264 g/mol. The number of benzene rings is 1. The van der Waals surface area contributed by atoms with Crippen molar-refractivity contribution in [2.75, 3.05) is 71.4 Å². The zero-order chi connectivity index (χ0) is 15.1. The fourth-order valence-corrected chi connectivity index (χ4v) is 2.57. The average molecular weight is 292 g/mol. The average Bonchev–Trinajstić information content (AvgIpc) is 2.49. The lowest BCUT2D eigenvalue weighted by molar-refractivity contribution is 0.254. The maximum Gasteiger partial charge on any atom is 0.142 e. The molecule has 0 aliphatic carbocycles. The highest BCUT2D eigenvalue weighted by molar-refractivity contribution is 5.58. The van der Waals surface area contributed by atoms with E-state index in [0.717, 1.165) is 58.2 Å². The fourth-order valence-electron chi connectivity index (χ4n) is 2.57. The molecule has 2 rings (SSSR count). The van der Waals surface area contributed by atoms with Gasteiger partial charge in [0.05, 0.1) is 5.69 Å². The Balaban J connectivity index is 1.93. The molecule has 118 valence electrons. The minimum atomic E-state index is 0.719. The molecule has 0 atom stereocenters. The monoisotopic (exact) mass is 292 g/mol. The Hall–Kier alpha value is -1.30. The van der Waals surface area contributed by atoms with Gasteiger partial charge in [0.25, 0.3) is 0 Å². The van der Waals surface area contributed by atoms with E-state index in [1.165, 1.54) is 5.69 Å². The number of para-hydroxylation sites is 2. The van der Waals surface area contributed by atoms with Crippen molar-refractivity contribution in [1.82, 2.24) is 9.80 Å². The summed E-state index contributed by atoms with van der Waals surface area (Å²) in [7, 11) is 4.12. The summed E-state index contributed by atoms with van der Waals surface area (Å²) in [6.45, 7) is 7.60. The predicted molar refractivity (Wildman–Crippen MR) is 88.2 cm³/mol. The van der Waals surface area contributed by atoms with Crippen molar-refractivity contribution in [3.05, 3.63) is 24.3 Å². The van der Waals surface area contributed by atoms with Crippen LogP contribution in [0.3, 0.4) is 0 Å². The smallest absolute Gasteiger partial charge is 0.142 e. The maximum absolute atomic E-state index is 5.96. The van der Waals surface area contributed by atoms with E-state index in [4.69, 9.17) is 10.5 Å². The van der Waals surface area contributed by atoms with Crippen LogP contribution in [0.15, 0.2) is 24.3 Å². The third kappa shape index (κ3) is 4.88. The van der Waals surface area contributed by atoms with E-state index < -0.39 is 0 Å². The van der Waals surface area contributed by atoms with Crippen LogP contribution in [0.1, 0.15) is 0 Å². The second-order valence-corrected chi connectivity index (χ2v) is 5.74. The van der Waals surface area contributed by atoms with Crippen LogP contribution in [0, 0.1) is 0 Å². The second kappa shape index (κ2) is 8.22. The Labute approximate surface area is 128 Å². The van der Waals surface area contributed by atoms with Crippen molar-refractivity contribution < 1.29 is 4.74 Å². The molecule has 1 aliphatic rings. The molecule has 21 heavy (non-hydrogen) atoms. The molecule has 0 bridgehead atoms. The standard InChI is InChI=1S/C16H28N4O/c1-18(2)13-14-21-16-6-4-3-5-15(16)20-11-9-19(8-7-17)10-12-20/h3-6H,7-14,17H2,1-2H3. The summed E-state index contributed by atoms with van der Waals surface area (Å²) in [6.07, 6.45) is 0. The van der Waals surface area contributed by atoms with E-state index in [-0.39, 0.29) is 0 Å². The molecular formula is C16H28N4O. The highest BCUT2D eigenvalue weighted by Crippen LogP contribution is 2.28. The van der Waals surface area contributed by atoms with Crippen molar-refractivity contribution in [3.63, 3.8) is 0 Å². The molecule has 1 heterocycles. The van der Waals surface area contributed by atoms with Gasteiger partial charge in [0.2, 0.25) is 0 Å². The first-order valence-corrected chi connectivity index (χ1v) is 7.74. The quantitative estimate of drug-likeness (QED) is 0.802. The molecule has 2 N–H and O–H groups in total. The molecule has 0 amide bonds. The first-order chi connectivity index (χ1) is 10.2. The molecule has 5 nitrogen and oxygen atoms in total. The lowest BCUT2D eigenvalue weighted by Crippen LogP contribution is -2.47. The summed E-state index contributed by atoms with van der Waals surface area (Å²) < 4.78 is 5.96. The Morgan fingerprint density at radius 2 is 1.86 bits per heavy atom. The van der Waals surface area contributed by atoms with E-state index in [0.29, 0.717) is 0 Å². The number of hydrogen-bond acceptors (Lipinski definition) is 5. The van der Waals surface area contributed by atoms with Gasteiger partial charge < -0.3 is 20.3 Å². The van der Waals surface area contributed by atoms with Crippen molar-refractivity contribution >= 4 is 5.69 Å². The van der Waals surface area contributed by atoms with Crippen molar-refractivity contribution in [3.8, 4) is 5.75 Å². The van der Waals surface area contributed by atoms with Crippen molar-refractivity contribution in [2.45, 2.75) is 0 Å². The van der Waals surface area contributed by atoms with Gasteiger partial charge >= 0.3 is 0 Å². The number of nitrogens with two attached hydrogens (primary N) is 1. The summed E-state index contributed by atoms with van der Waals surface area (Å²) in [4.78, 5) is 6.97. The van der Waals surface area contributed by atoms with E-state index in [1.54, 1.807) is 0 Å². The number of ether oxygens (including phenoxy) is 1. The molecule has 1 aliphatic heterocycles. The summed E-state index contributed by atoms with van der Waals surface area (Å²) in [5.74, 6) is 0.992. The molecule has 5 heteroatoms. The third-order valence-corrected chi connectivity index (χ3v) is 3.82. The Bertz CT molecular complexity index is 416. The Kier molecular flexibility index (Phi) is 6.29. The molecule has 0 aromatic heterocycles. The molecule has 1 aromatic rings. The first kappa shape index (κ1) is 16.1. The number of likely N-dealkylation sites (N-methyl/N-ethyl adjacent to an activating group) is 1. The Morgan fingerprint density at radius 1 is 1.14 bits per heavy atom. The largest absolute Gasteiger partial charge is 0.490 e. The van der Waals surface area contributed by atoms with Gasteiger partial charge in [-0.1, -0.05) is 12.1 Å². The zero-order valence-corrected chi connectivity index (χ0v) is 13.3. The third-order valence-electron chi connectivity index (χ3n) is 3.82. The highest BCUT2D eigenvalue weighted by atomic mass is 16.5. The van der Waals surface area contributed by atoms with Crippen molar-refractivity contribution in [1.29, 1.82) is 0 Å². The number of hydrogen-bond donors (Lipinski definition) is 1. The summed E-state index contributed by atoms with van der Waals surface area (Å²) in [5, 5.41) is 0. The number of anilines is 1. The molecule has 1 saturated heterocycles. The van der Waals surface area contributed by atoms with Gasteiger partial charge in [-0.25, -0.2) is 0 Å². The van der Waals surface area contributed by atoms with Crippen molar-refractivity contribution in [2.24, 2.45) is 5.73 Å². The van der Waals surface area contributed by atoms with Gasteiger partial charge in [0.15, 0.2) is 0 Å². The predicted octanol–water partition coefficient (Wildman–Crippen LogP) is 0.708. The molecule has 0 radical (unpaired) electrons. The van der Waals surface area contributed by atoms with Crippen LogP contribution in [0.2, 0.25) is 0 Å². The SMILES string of the molecule is CN(C)CCOc1ccccc1N1CCN(CCN)CC1. The summed E-state index contributed by atoms with van der Waals surface area (Å²) in [6, 6.07) is 8.35. The first-order valence-electron chi connectivity index (χ1n) is 7.74. The summed E-state index contributed by atoms with van der Waals surface area (Å²) >= 11 is 0. The lowest BCUT2D eigenvalue weighted by atomic mass is 10.2. The van der Waals surface area contributed by atoms with Crippen LogP contribution >= 0.6 is 0 Å². The Morgan fingerprint density at radius 3 is 2.52 bits per heavy atom. The minimum Gasteiger partial charge on any atom is -0.490 e.